The summed E-state index contributed by atoms with van der Waals surface area (Å²) >= 11 is 0. The summed E-state index contributed by atoms with van der Waals surface area (Å²) < 4.78 is 0. The van der Waals surface area contributed by atoms with Crippen LogP contribution in [-0.4, -0.2) is 33.2 Å². The molecule has 6 heteroatoms. The number of hydrogen-bond acceptors (Lipinski definition) is 4. The van der Waals surface area contributed by atoms with E-state index in [2.05, 4.69) is 21.4 Å². The van der Waals surface area contributed by atoms with Gasteiger partial charge in [-0.1, -0.05) is 30.3 Å². The van der Waals surface area contributed by atoms with E-state index in [-0.39, 0.29) is 17.5 Å². The van der Waals surface area contributed by atoms with Gasteiger partial charge in [0.05, 0.1) is 12.2 Å². The molecule has 1 N–H and O–H groups in total. The van der Waals surface area contributed by atoms with Crippen molar-refractivity contribution in [3.8, 4) is 0 Å². The van der Waals surface area contributed by atoms with E-state index in [9.17, 15) is 9.59 Å². The molecule has 28 heavy (non-hydrogen) atoms. The van der Waals surface area contributed by atoms with Crippen molar-refractivity contribution in [3.63, 3.8) is 0 Å². The number of nitrogens with one attached hydrogen (secondary N) is 1. The molecule has 0 unspecified atom stereocenters. The minimum atomic E-state index is -0.258. The molecule has 0 saturated heterocycles. The first-order chi connectivity index (χ1) is 13.7. The molecule has 3 aromatic rings. The molecular formula is C22H20N4O2. The van der Waals surface area contributed by atoms with E-state index in [4.69, 9.17) is 0 Å². The van der Waals surface area contributed by atoms with Crippen molar-refractivity contribution in [3.05, 3.63) is 95.1 Å². The van der Waals surface area contributed by atoms with Crippen LogP contribution in [0.4, 0.5) is 0 Å². The normalized spacial score (nSPS) is 12.9. The van der Waals surface area contributed by atoms with E-state index in [1.54, 1.807) is 23.2 Å². The second-order valence-electron chi connectivity index (χ2n) is 6.68. The number of hydrogen-bond donors (Lipinski definition) is 1. The molecule has 0 atom stereocenters. The van der Waals surface area contributed by atoms with Gasteiger partial charge in [-0.25, -0.2) is 0 Å². The lowest BCUT2D eigenvalue weighted by atomic mass is 9.99. The predicted molar refractivity (Wildman–Crippen MR) is 105 cm³/mol. The first-order valence-corrected chi connectivity index (χ1v) is 9.21. The minimum absolute atomic E-state index is 0.158. The van der Waals surface area contributed by atoms with Gasteiger partial charge < -0.3 is 10.2 Å². The van der Waals surface area contributed by atoms with Gasteiger partial charge in [0, 0.05) is 31.0 Å². The van der Waals surface area contributed by atoms with Gasteiger partial charge >= 0.3 is 0 Å². The van der Waals surface area contributed by atoms with E-state index in [1.165, 1.54) is 11.8 Å². The highest BCUT2D eigenvalue weighted by atomic mass is 16.2. The maximum absolute atomic E-state index is 12.9. The molecule has 0 bridgehead atoms. The van der Waals surface area contributed by atoms with Crippen molar-refractivity contribution in [1.82, 2.24) is 20.2 Å². The third kappa shape index (κ3) is 3.91. The Morgan fingerprint density at radius 2 is 1.79 bits per heavy atom. The van der Waals surface area contributed by atoms with Crippen LogP contribution in [0.1, 0.15) is 37.7 Å². The van der Waals surface area contributed by atoms with Crippen LogP contribution in [0, 0.1) is 0 Å². The van der Waals surface area contributed by atoms with E-state index >= 15 is 0 Å². The second kappa shape index (κ2) is 8.00. The fourth-order valence-electron chi connectivity index (χ4n) is 3.30. The van der Waals surface area contributed by atoms with Crippen molar-refractivity contribution in [1.29, 1.82) is 0 Å². The SMILES string of the molecule is O=C(NCc1ccccn1)c1ccnc(C(=O)N2CCc3ccccc3C2)c1. The van der Waals surface area contributed by atoms with Gasteiger partial charge in [-0.15, -0.1) is 0 Å². The topological polar surface area (TPSA) is 75.2 Å². The zero-order valence-corrected chi connectivity index (χ0v) is 15.3. The third-order valence-corrected chi connectivity index (χ3v) is 4.82. The van der Waals surface area contributed by atoms with Gasteiger partial charge in [0.2, 0.25) is 0 Å². The maximum atomic E-state index is 12.9. The molecule has 1 aliphatic heterocycles. The number of benzene rings is 1. The Hall–Kier alpha value is -3.54. The number of nitrogens with zero attached hydrogens (tertiary/aromatic N) is 3. The molecule has 0 fully saturated rings. The standard InChI is InChI=1S/C22H20N4O2/c27-21(25-14-19-7-3-4-10-23-19)17-8-11-24-20(13-17)22(28)26-12-9-16-5-1-2-6-18(16)15-26/h1-8,10-11,13H,9,12,14-15H2,(H,25,27). The fraction of sp³-hybridized carbons (Fsp3) is 0.182. The van der Waals surface area contributed by atoms with Gasteiger partial charge in [-0.05, 0) is 41.8 Å². The number of fused-ring (bicyclic) bond motifs is 1. The van der Waals surface area contributed by atoms with Crippen LogP contribution in [0.3, 0.4) is 0 Å². The number of pyridine rings is 2. The van der Waals surface area contributed by atoms with Crippen LogP contribution in [0.15, 0.2) is 67.0 Å². The Morgan fingerprint density at radius 1 is 0.964 bits per heavy atom. The van der Waals surface area contributed by atoms with Crippen molar-refractivity contribution in [2.45, 2.75) is 19.5 Å². The number of aromatic nitrogens is 2. The minimum Gasteiger partial charge on any atom is -0.346 e. The molecule has 0 saturated carbocycles. The van der Waals surface area contributed by atoms with Crippen LogP contribution in [0.25, 0.3) is 0 Å². The van der Waals surface area contributed by atoms with Gasteiger partial charge in [-0.2, -0.15) is 0 Å². The van der Waals surface area contributed by atoms with Crippen molar-refractivity contribution < 1.29 is 9.59 Å². The summed E-state index contributed by atoms with van der Waals surface area (Å²) in [6.45, 7) is 1.54. The molecule has 0 aliphatic carbocycles. The highest BCUT2D eigenvalue weighted by Crippen LogP contribution is 2.20. The van der Waals surface area contributed by atoms with Crippen molar-refractivity contribution in [2.75, 3.05) is 6.54 Å². The highest BCUT2D eigenvalue weighted by Gasteiger charge is 2.23. The Kier molecular flexibility index (Phi) is 5.10. The average Bonchev–Trinajstić information content (AvgIpc) is 2.77. The lowest BCUT2D eigenvalue weighted by molar-refractivity contribution is 0.0728. The van der Waals surface area contributed by atoms with Gasteiger partial charge in [-0.3, -0.25) is 19.6 Å². The monoisotopic (exact) mass is 372 g/mol. The van der Waals surface area contributed by atoms with Crippen molar-refractivity contribution in [2.24, 2.45) is 0 Å². The van der Waals surface area contributed by atoms with Gasteiger partial charge in [0.25, 0.3) is 11.8 Å². The van der Waals surface area contributed by atoms with Crippen LogP contribution in [0.5, 0.6) is 0 Å². The molecule has 140 valence electrons. The van der Waals surface area contributed by atoms with E-state index < -0.39 is 0 Å². The Bertz CT molecular complexity index is 1000. The molecule has 3 heterocycles. The zero-order valence-electron chi connectivity index (χ0n) is 15.3. The Labute approximate surface area is 163 Å². The van der Waals surface area contributed by atoms with Crippen LogP contribution >= 0.6 is 0 Å². The first-order valence-electron chi connectivity index (χ1n) is 9.21. The summed E-state index contributed by atoms with van der Waals surface area (Å²) in [5.74, 6) is -0.417. The fourth-order valence-corrected chi connectivity index (χ4v) is 3.30. The maximum Gasteiger partial charge on any atom is 0.272 e. The summed E-state index contributed by atoms with van der Waals surface area (Å²) in [7, 11) is 0. The molecule has 2 aromatic heterocycles. The van der Waals surface area contributed by atoms with Crippen LogP contribution in [0.2, 0.25) is 0 Å². The summed E-state index contributed by atoms with van der Waals surface area (Å²) in [4.78, 5) is 35.5. The smallest absolute Gasteiger partial charge is 0.272 e. The number of rotatable bonds is 4. The lowest BCUT2D eigenvalue weighted by Gasteiger charge is -2.28. The zero-order chi connectivity index (χ0) is 19.3. The Balaban J connectivity index is 1.44. The number of amides is 2. The highest BCUT2D eigenvalue weighted by molar-refractivity contribution is 5.98. The summed E-state index contributed by atoms with van der Waals surface area (Å²) in [6.07, 6.45) is 4.01. The molecule has 0 radical (unpaired) electrons. The van der Waals surface area contributed by atoms with E-state index in [1.807, 2.05) is 36.4 Å². The second-order valence-corrected chi connectivity index (χ2v) is 6.68. The largest absolute Gasteiger partial charge is 0.346 e. The first kappa shape index (κ1) is 17.9. The molecule has 4 rings (SSSR count). The molecule has 0 spiro atoms. The molecule has 1 aromatic carbocycles. The summed E-state index contributed by atoms with van der Waals surface area (Å²) in [5.41, 5.74) is 3.90. The van der Waals surface area contributed by atoms with E-state index in [0.29, 0.717) is 25.2 Å². The average molecular weight is 372 g/mol. The van der Waals surface area contributed by atoms with E-state index in [0.717, 1.165) is 17.7 Å². The molecule has 1 aliphatic rings. The summed E-state index contributed by atoms with van der Waals surface area (Å²) in [6, 6.07) is 16.8. The third-order valence-electron chi connectivity index (χ3n) is 4.82. The lowest BCUT2D eigenvalue weighted by Crippen LogP contribution is -2.36. The van der Waals surface area contributed by atoms with Crippen LogP contribution < -0.4 is 5.32 Å². The quantitative estimate of drug-likeness (QED) is 0.764. The predicted octanol–water partition coefficient (Wildman–Crippen LogP) is 2.61. The number of carbonyl (C=O) groups excluding carboxylic acids is 2. The number of carbonyl (C=O) groups is 2. The molecule has 6 nitrogen and oxygen atoms in total. The van der Waals surface area contributed by atoms with Gasteiger partial charge in [0.15, 0.2) is 0 Å². The Morgan fingerprint density at radius 3 is 2.61 bits per heavy atom. The molecular weight excluding hydrogens is 352 g/mol. The summed E-state index contributed by atoms with van der Waals surface area (Å²) in [5, 5.41) is 2.82. The van der Waals surface area contributed by atoms with Crippen molar-refractivity contribution >= 4 is 11.8 Å². The molecule has 2 amide bonds. The van der Waals surface area contributed by atoms with Crippen LogP contribution in [-0.2, 0) is 19.5 Å². The van der Waals surface area contributed by atoms with Gasteiger partial charge in [0.1, 0.15) is 5.69 Å².